The van der Waals surface area contributed by atoms with Crippen molar-refractivity contribution >= 4 is 23.6 Å². The lowest BCUT2D eigenvalue weighted by Crippen LogP contribution is -2.36. The number of benzene rings is 2. The fourth-order valence-electron chi connectivity index (χ4n) is 3.17. The number of hydrogen-bond donors (Lipinski definition) is 0. The molecule has 2 heterocycles. The Morgan fingerprint density at radius 3 is 2.44 bits per heavy atom. The van der Waals surface area contributed by atoms with Crippen molar-refractivity contribution in [3.8, 4) is 0 Å². The van der Waals surface area contributed by atoms with Crippen molar-refractivity contribution in [2.75, 3.05) is 31.2 Å². The molecular weight excluding hydrogens is 340 g/mol. The summed E-state index contributed by atoms with van der Waals surface area (Å²) in [7, 11) is 0. The van der Waals surface area contributed by atoms with E-state index < -0.39 is 5.97 Å². The molecule has 0 aliphatic carbocycles. The first-order valence-electron chi connectivity index (χ1n) is 9.13. The molecule has 2 aromatic carbocycles. The van der Waals surface area contributed by atoms with Gasteiger partial charge in [0.2, 0.25) is 5.90 Å². The van der Waals surface area contributed by atoms with E-state index in [4.69, 9.17) is 9.47 Å². The third kappa shape index (κ3) is 3.78. The van der Waals surface area contributed by atoms with Gasteiger partial charge < -0.3 is 14.4 Å². The van der Waals surface area contributed by atoms with Crippen LogP contribution in [0.5, 0.6) is 0 Å². The zero-order valence-corrected chi connectivity index (χ0v) is 15.6. The topological polar surface area (TPSA) is 51.1 Å². The summed E-state index contributed by atoms with van der Waals surface area (Å²) in [6, 6.07) is 14.0. The van der Waals surface area contributed by atoms with Crippen LogP contribution in [-0.2, 0) is 14.3 Å². The highest BCUT2D eigenvalue weighted by molar-refractivity contribution is 6.12. The number of carbonyl (C=O) groups excluding carboxylic acids is 1. The van der Waals surface area contributed by atoms with Gasteiger partial charge in [-0.3, -0.25) is 0 Å². The lowest BCUT2D eigenvalue weighted by molar-refractivity contribution is -0.129. The fourth-order valence-corrected chi connectivity index (χ4v) is 3.17. The van der Waals surface area contributed by atoms with Crippen LogP contribution in [0.1, 0.15) is 22.3 Å². The zero-order valence-electron chi connectivity index (χ0n) is 15.6. The lowest BCUT2D eigenvalue weighted by Gasteiger charge is -2.28. The number of cyclic esters (lactones) is 1. The van der Waals surface area contributed by atoms with E-state index in [2.05, 4.69) is 22.0 Å². The molecule has 5 nitrogen and oxygen atoms in total. The summed E-state index contributed by atoms with van der Waals surface area (Å²) in [6.45, 7) is 7.39. The third-order valence-corrected chi connectivity index (χ3v) is 4.95. The normalized spacial score (nSPS) is 18.6. The van der Waals surface area contributed by atoms with E-state index in [0.29, 0.717) is 11.6 Å². The van der Waals surface area contributed by atoms with Gasteiger partial charge in [-0.1, -0.05) is 18.2 Å². The molecule has 0 aromatic heterocycles. The summed E-state index contributed by atoms with van der Waals surface area (Å²) >= 11 is 0. The van der Waals surface area contributed by atoms with Crippen molar-refractivity contribution in [1.29, 1.82) is 0 Å². The molecule has 0 spiro atoms. The molecule has 27 heavy (non-hydrogen) atoms. The molecule has 0 N–H and O–H groups in total. The second-order valence-corrected chi connectivity index (χ2v) is 6.83. The van der Waals surface area contributed by atoms with Gasteiger partial charge in [-0.05, 0) is 60.9 Å². The van der Waals surface area contributed by atoms with Gasteiger partial charge in [0, 0.05) is 24.3 Å². The van der Waals surface area contributed by atoms with E-state index in [9.17, 15) is 4.79 Å². The molecule has 138 valence electrons. The number of anilines is 1. The van der Waals surface area contributed by atoms with E-state index in [0.717, 1.165) is 48.7 Å². The van der Waals surface area contributed by atoms with Crippen LogP contribution in [0, 0.1) is 13.8 Å². The van der Waals surface area contributed by atoms with Crippen LogP contribution >= 0.6 is 0 Å². The van der Waals surface area contributed by atoms with Crippen molar-refractivity contribution in [2.24, 2.45) is 4.99 Å². The van der Waals surface area contributed by atoms with Crippen molar-refractivity contribution in [2.45, 2.75) is 13.8 Å². The van der Waals surface area contributed by atoms with Gasteiger partial charge in [0.1, 0.15) is 0 Å². The Kier molecular flexibility index (Phi) is 4.77. The minimum absolute atomic E-state index is 0.322. The Hall–Kier alpha value is -2.92. The maximum absolute atomic E-state index is 12.2. The Labute approximate surface area is 158 Å². The van der Waals surface area contributed by atoms with Gasteiger partial charge in [0.05, 0.1) is 13.2 Å². The molecule has 5 heteroatoms. The van der Waals surface area contributed by atoms with Crippen LogP contribution in [0.2, 0.25) is 0 Å². The van der Waals surface area contributed by atoms with Gasteiger partial charge in [0.25, 0.3) is 0 Å². The summed E-state index contributed by atoms with van der Waals surface area (Å²) in [4.78, 5) is 18.9. The lowest BCUT2D eigenvalue weighted by atomic mass is 10.1. The summed E-state index contributed by atoms with van der Waals surface area (Å²) in [5, 5.41) is 0. The van der Waals surface area contributed by atoms with E-state index >= 15 is 0 Å². The zero-order chi connectivity index (χ0) is 18.8. The summed E-state index contributed by atoms with van der Waals surface area (Å²) in [6.07, 6.45) is 1.76. The highest BCUT2D eigenvalue weighted by atomic mass is 16.6. The molecule has 1 fully saturated rings. The summed E-state index contributed by atoms with van der Waals surface area (Å²) in [5.74, 6) is -0.0558. The predicted octanol–water partition coefficient (Wildman–Crippen LogP) is 3.48. The van der Waals surface area contributed by atoms with Crippen LogP contribution in [0.25, 0.3) is 6.08 Å². The van der Waals surface area contributed by atoms with Crippen molar-refractivity contribution in [1.82, 2.24) is 0 Å². The van der Waals surface area contributed by atoms with E-state index in [1.165, 1.54) is 5.56 Å². The molecule has 1 saturated heterocycles. The Bertz CT molecular complexity index is 923. The second kappa shape index (κ2) is 7.37. The average Bonchev–Trinajstić information content (AvgIpc) is 3.06. The number of esters is 1. The van der Waals surface area contributed by atoms with Crippen molar-refractivity contribution in [3.63, 3.8) is 0 Å². The predicted molar refractivity (Wildman–Crippen MR) is 106 cm³/mol. The first kappa shape index (κ1) is 17.5. The number of hydrogen-bond acceptors (Lipinski definition) is 5. The number of aliphatic imine (C=N–C) groups is 1. The van der Waals surface area contributed by atoms with Crippen LogP contribution in [0.15, 0.2) is 53.2 Å². The number of carbonyl (C=O) groups is 1. The third-order valence-electron chi connectivity index (χ3n) is 4.95. The van der Waals surface area contributed by atoms with Gasteiger partial charge in [-0.25, -0.2) is 9.79 Å². The molecule has 2 aliphatic rings. The van der Waals surface area contributed by atoms with Gasteiger partial charge in [0.15, 0.2) is 5.70 Å². The number of morpholine rings is 1. The maximum atomic E-state index is 12.2. The monoisotopic (exact) mass is 362 g/mol. The largest absolute Gasteiger partial charge is 0.402 e. The molecular formula is C22H22N2O3. The molecule has 0 atom stereocenters. The quantitative estimate of drug-likeness (QED) is 0.620. The Morgan fingerprint density at radius 1 is 1.00 bits per heavy atom. The highest BCUT2D eigenvalue weighted by Gasteiger charge is 2.24. The average molecular weight is 362 g/mol. The number of nitrogens with zero attached hydrogens (tertiary/aromatic N) is 2. The van der Waals surface area contributed by atoms with Gasteiger partial charge >= 0.3 is 5.97 Å². The van der Waals surface area contributed by atoms with Crippen molar-refractivity contribution < 1.29 is 14.3 Å². The summed E-state index contributed by atoms with van der Waals surface area (Å²) < 4.78 is 10.8. The van der Waals surface area contributed by atoms with E-state index in [1.807, 2.05) is 44.2 Å². The molecule has 0 radical (unpaired) electrons. The molecule has 4 rings (SSSR count). The van der Waals surface area contributed by atoms with Crippen LogP contribution in [-0.4, -0.2) is 38.2 Å². The number of rotatable bonds is 3. The molecule has 2 aromatic rings. The highest BCUT2D eigenvalue weighted by Crippen LogP contribution is 2.22. The SMILES string of the molecule is Cc1ccc(C2=N/C(=C\c3ccc(N4CCOCC4)cc3)C(=O)O2)cc1C. The molecule has 0 unspecified atom stereocenters. The van der Waals surface area contributed by atoms with Gasteiger partial charge in [-0.2, -0.15) is 0 Å². The first-order valence-corrected chi connectivity index (χ1v) is 9.13. The molecule has 0 amide bonds. The minimum Gasteiger partial charge on any atom is -0.402 e. The number of ether oxygens (including phenoxy) is 2. The first-order chi connectivity index (χ1) is 13.1. The van der Waals surface area contributed by atoms with Crippen LogP contribution in [0.3, 0.4) is 0 Å². The maximum Gasteiger partial charge on any atom is 0.363 e. The summed E-state index contributed by atoms with van der Waals surface area (Å²) in [5.41, 5.74) is 5.56. The van der Waals surface area contributed by atoms with E-state index in [-0.39, 0.29) is 0 Å². The smallest absolute Gasteiger partial charge is 0.363 e. The molecule has 0 bridgehead atoms. The molecule has 2 aliphatic heterocycles. The minimum atomic E-state index is -0.416. The van der Waals surface area contributed by atoms with Crippen molar-refractivity contribution in [3.05, 3.63) is 70.4 Å². The van der Waals surface area contributed by atoms with Gasteiger partial charge in [-0.15, -0.1) is 0 Å². The number of aryl methyl sites for hydroxylation is 2. The standard InChI is InChI=1S/C22H22N2O3/c1-15-3-6-18(13-16(15)2)21-23-20(22(25)27-21)14-17-4-7-19(8-5-17)24-9-11-26-12-10-24/h3-8,13-14H,9-12H2,1-2H3/b20-14-. The van der Waals surface area contributed by atoms with Crippen LogP contribution < -0.4 is 4.90 Å². The van der Waals surface area contributed by atoms with E-state index in [1.54, 1.807) is 6.08 Å². The molecule has 0 saturated carbocycles. The second-order valence-electron chi connectivity index (χ2n) is 6.83. The Morgan fingerprint density at radius 2 is 1.74 bits per heavy atom. The Balaban J connectivity index is 1.55. The fraction of sp³-hybridized carbons (Fsp3) is 0.273. The van der Waals surface area contributed by atoms with Crippen LogP contribution in [0.4, 0.5) is 5.69 Å².